The van der Waals surface area contributed by atoms with E-state index in [1.165, 1.54) is 17.0 Å². The molecular weight excluding hydrogens is 373 g/mol. The number of nitrogens with zero attached hydrogens (tertiary/aromatic N) is 4. The number of urea groups is 1. The zero-order valence-corrected chi connectivity index (χ0v) is 15.6. The minimum atomic E-state index is -4.40. The Labute approximate surface area is 160 Å². The molecule has 1 saturated carbocycles. The minimum Gasteiger partial charge on any atom is -0.339 e. The number of carbonyl (C=O) groups is 1. The van der Waals surface area contributed by atoms with Gasteiger partial charge in [0, 0.05) is 25.3 Å². The Morgan fingerprint density at radius 1 is 1.25 bits per heavy atom. The number of fused-ring (bicyclic) bond motifs is 3. The third-order valence-corrected chi connectivity index (χ3v) is 5.75. The van der Waals surface area contributed by atoms with Crippen LogP contribution in [0.25, 0.3) is 0 Å². The van der Waals surface area contributed by atoms with Gasteiger partial charge in [-0.2, -0.15) is 18.2 Å². The number of piperidine rings is 2. The smallest absolute Gasteiger partial charge is 0.339 e. The van der Waals surface area contributed by atoms with Crippen molar-refractivity contribution < 1.29 is 22.5 Å². The van der Waals surface area contributed by atoms with E-state index in [9.17, 15) is 18.0 Å². The molecule has 150 valence electrons. The first kappa shape index (κ1) is 18.8. The molecule has 5 rings (SSSR count). The van der Waals surface area contributed by atoms with E-state index in [0.29, 0.717) is 29.9 Å². The van der Waals surface area contributed by atoms with Gasteiger partial charge in [0.25, 0.3) is 0 Å². The highest BCUT2D eigenvalue weighted by atomic mass is 19.4. The van der Waals surface area contributed by atoms with Crippen LogP contribution in [-0.2, 0) is 6.18 Å². The molecule has 3 atom stereocenters. The topological polar surface area (TPSA) is 62.5 Å². The quantitative estimate of drug-likeness (QED) is 0.765. The lowest BCUT2D eigenvalue weighted by Gasteiger charge is -2.49. The van der Waals surface area contributed by atoms with E-state index in [1.54, 1.807) is 18.9 Å². The summed E-state index contributed by atoms with van der Waals surface area (Å²) in [5.74, 6) is 1.48. The molecule has 0 spiro atoms. The van der Waals surface area contributed by atoms with Crippen LogP contribution in [0.2, 0.25) is 0 Å². The Balaban J connectivity index is 1.53. The van der Waals surface area contributed by atoms with Crippen molar-refractivity contribution in [1.82, 2.24) is 15.0 Å². The molecule has 1 aromatic heterocycles. The zero-order chi connectivity index (χ0) is 20.1. The van der Waals surface area contributed by atoms with Crippen LogP contribution in [0.3, 0.4) is 0 Å². The molecule has 3 fully saturated rings. The van der Waals surface area contributed by atoms with Gasteiger partial charge in [-0.15, -0.1) is 0 Å². The molecule has 0 radical (unpaired) electrons. The Hall–Kier alpha value is -2.58. The van der Waals surface area contributed by atoms with E-state index >= 15 is 0 Å². The van der Waals surface area contributed by atoms with Gasteiger partial charge >= 0.3 is 12.2 Å². The first-order valence-electron chi connectivity index (χ1n) is 9.26. The van der Waals surface area contributed by atoms with Crippen molar-refractivity contribution in [1.29, 1.82) is 0 Å². The first-order valence-corrected chi connectivity index (χ1v) is 9.26. The van der Waals surface area contributed by atoms with Gasteiger partial charge in [-0.3, -0.25) is 4.90 Å². The SMILES string of the molecule is Cc1noc(C2CC3CCC2N(C(=O)N(C)c2ccc(C(F)(F)F)cc2)C3)n1. The maximum atomic E-state index is 13.1. The number of carbonyl (C=O) groups excluding carboxylic acids is 1. The average molecular weight is 394 g/mol. The summed E-state index contributed by atoms with van der Waals surface area (Å²) < 4.78 is 43.7. The molecule has 3 aliphatic rings. The normalized spacial score (nSPS) is 24.5. The fraction of sp³-hybridized carbons (Fsp3) is 0.526. The highest BCUT2D eigenvalue weighted by Gasteiger charge is 2.46. The number of benzene rings is 1. The van der Waals surface area contributed by atoms with E-state index < -0.39 is 11.7 Å². The summed E-state index contributed by atoms with van der Waals surface area (Å²) in [6.45, 7) is 2.40. The molecule has 2 saturated heterocycles. The second-order valence-electron chi connectivity index (χ2n) is 7.57. The average Bonchev–Trinajstić information content (AvgIpc) is 3.13. The summed E-state index contributed by atoms with van der Waals surface area (Å²) in [6, 6.07) is 4.35. The number of alkyl halides is 3. The molecule has 1 aromatic carbocycles. The Kier molecular flexibility index (Phi) is 4.55. The molecule has 28 heavy (non-hydrogen) atoms. The summed E-state index contributed by atoms with van der Waals surface area (Å²) in [4.78, 5) is 20.7. The van der Waals surface area contributed by atoms with Crippen LogP contribution in [0, 0.1) is 12.8 Å². The van der Waals surface area contributed by atoms with E-state index in [4.69, 9.17) is 4.52 Å². The first-order chi connectivity index (χ1) is 13.2. The number of rotatable bonds is 2. The molecule has 2 amide bonds. The van der Waals surface area contributed by atoms with Gasteiger partial charge in [0.05, 0.1) is 11.5 Å². The van der Waals surface area contributed by atoms with Crippen molar-refractivity contribution in [3.63, 3.8) is 0 Å². The van der Waals surface area contributed by atoms with Crippen LogP contribution in [0.15, 0.2) is 28.8 Å². The summed E-state index contributed by atoms with van der Waals surface area (Å²) >= 11 is 0. The Morgan fingerprint density at radius 2 is 1.96 bits per heavy atom. The standard InChI is InChI=1S/C19H21F3N4O2/c1-11-23-17(28-24-11)15-9-12-3-8-16(15)26(10-12)18(27)25(2)14-6-4-13(5-7-14)19(20,21)22/h4-7,12,15-16H,3,8-10H2,1-2H3. The highest BCUT2D eigenvalue weighted by Crippen LogP contribution is 2.44. The van der Waals surface area contributed by atoms with Gasteiger partial charge in [-0.25, -0.2) is 4.79 Å². The van der Waals surface area contributed by atoms with Gasteiger partial charge in [0.1, 0.15) is 0 Å². The van der Waals surface area contributed by atoms with E-state index in [2.05, 4.69) is 10.1 Å². The molecule has 3 unspecified atom stereocenters. The molecule has 2 aromatic rings. The molecule has 3 heterocycles. The number of amides is 2. The maximum Gasteiger partial charge on any atom is 0.416 e. The van der Waals surface area contributed by atoms with Crippen LogP contribution in [0.4, 0.5) is 23.7 Å². The van der Waals surface area contributed by atoms with Gasteiger partial charge in [-0.05, 0) is 56.4 Å². The molecular formula is C19H21F3N4O2. The van der Waals surface area contributed by atoms with Crippen molar-refractivity contribution in [3.8, 4) is 0 Å². The minimum absolute atomic E-state index is 0.00124. The van der Waals surface area contributed by atoms with Gasteiger partial charge < -0.3 is 9.42 Å². The second kappa shape index (κ2) is 6.79. The molecule has 0 N–H and O–H groups in total. The van der Waals surface area contributed by atoms with E-state index in [-0.39, 0.29) is 18.0 Å². The van der Waals surface area contributed by atoms with Crippen LogP contribution in [0.1, 0.15) is 42.5 Å². The van der Waals surface area contributed by atoms with Crippen LogP contribution >= 0.6 is 0 Å². The summed E-state index contributed by atoms with van der Waals surface area (Å²) in [5.41, 5.74) is -0.314. The van der Waals surface area contributed by atoms with E-state index in [0.717, 1.165) is 31.4 Å². The van der Waals surface area contributed by atoms with Gasteiger partial charge in [-0.1, -0.05) is 5.16 Å². The zero-order valence-electron chi connectivity index (χ0n) is 15.6. The number of hydrogen-bond acceptors (Lipinski definition) is 4. The van der Waals surface area contributed by atoms with Gasteiger partial charge in [0.2, 0.25) is 5.89 Å². The number of aromatic nitrogens is 2. The number of hydrogen-bond donors (Lipinski definition) is 0. The molecule has 6 nitrogen and oxygen atoms in total. The van der Waals surface area contributed by atoms with Gasteiger partial charge in [0.15, 0.2) is 5.82 Å². The molecule has 2 aliphatic heterocycles. The van der Waals surface area contributed by atoms with Crippen LogP contribution in [0.5, 0.6) is 0 Å². The lowest BCUT2D eigenvalue weighted by molar-refractivity contribution is -0.137. The third-order valence-electron chi connectivity index (χ3n) is 5.75. The Morgan fingerprint density at radius 3 is 2.54 bits per heavy atom. The van der Waals surface area contributed by atoms with Crippen molar-refractivity contribution >= 4 is 11.7 Å². The van der Waals surface area contributed by atoms with Crippen molar-refractivity contribution in [2.45, 2.75) is 44.3 Å². The predicted molar refractivity (Wildman–Crippen MR) is 94.9 cm³/mol. The third kappa shape index (κ3) is 3.33. The summed E-state index contributed by atoms with van der Waals surface area (Å²) in [7, 11) is 1.58. The van der Waals surface area contributed by atoms with Crippen LogP contribution < -0.4 is 4.90 Å². The Bertz CT molecular complexity index is 865. The van der Waals surface area contributed by atoms with Crippen LogP contribution in [-0.4, -0.2) is 40.7 Å². The fourth-order valence-corrected chi connectivity index (χ4v) is 4.32. The molecule has 9 heteroatoms. The fourth-order valence-electron chi connectivity index (χ4n) is 4.32. The number of anilines is 1. The number of halogens is 3. The molecule has 1 aliphatic carbocycles. The van der Waals surface area contributed by atoms with Crippen molar-refractivity contribution in [2.24, 2.45) is 5.92 Å². The maximum absolute atomic E-state index is 13.1. The van der Waals surface area contributed by atoms with Crippen molar-refractivity contribution in [3.05, 3.63) is 41.5 Å². The summed E-state index contributed by atoms with van der Waals surface area (Å²) in [6.07, 6.45) is -1.60. The molecule has 2 bridgehead atoms. The second-order valence-corrected chi connectivity index (χ2v) is 7.57. The summed E-state index contributed by atoms with van der Waals surface area (Å²) in [5, 5.41) is 3.86. The van der Waals surface area contributed by atoms with E-state index in [1.807, 2.05) is 0 Å². The largest absolute Gasteiger partial charge is 0.416 e. The lowest BCUT2D eigenvalue weighted by atomic mass is 9.72. The lowest BCUT2D eigenvalue weighted by Crippen LogP contribution is -2.57. The predicted octanol–water partition coefficient (Wildman–Crippen LogP) is 4.22. The van der Waals surface area contributed by atoms with Crippen molar-refractivity contribution in [2.75, 3.05) is 18.5 Å². The number of aryl methyl sites for hydroxylation is 1. The highest BCUT2D eigenvalue weighted by molar-refractivity contribution is 5.92. The monoisotopic (exact) mass is 394 g/mol.